The predicted molar refractivity (Wildman–Crippen MR) is 98.6 cm³/mol. The number of methoxy groups -OCH3 is 1. The fraction of sp³-hybridized carbons (Fsp3) is 0.211. The highest BCUT2D eigenvalue weighted by Gasteiger charge is 2.21. The molecule has 27 heavy (non-hydrogen) atoms. The highest BCUT2D eigenvalue weighted by molar-refractivity contribution is 5.87. The van der Waals surface area contributed by atoms with E-state index in [1.165, 1.54) is 49.6 Å². The molecule has 2 atom stereocenters. The van der Waals surface area contributed by atoms with Crippen molar-refractivity contribution in [3.05, 3.63) is 75.6 Å². The average molecular weight is 374 g/mol. The molecule has 0 aliphatic carbocycles. The Balaban J connectivity index is 2.21. The number of nitro benzene ring substituents is 1. The van der Waals surface area contributed by atoms with Crippen LogP contribution < -0.4 is 5.32 Å². The smallest absolute Gasteiger partial charge is 0.330 e. The summed E-state index contributed by atoms with van der Waals surface area (Å²) in [5.41, 5.74) is 0.935. The zero-order valence-corrected chi connectivity index (χ0v) is 14.8. The van der Waals surface area contributed by atoms with E-state index in [2.05, 4.69) is 10.1 Å². The molecule has 2 aromatic carbocycles. The van der Waals surface area contributed by atoms with Gasteiger partial charge in [0.05, 0.1) is 24.2 Å². The van der Waals surface area contributed by atoms with Crippen molar-refractivity contribution in [1.82, 2.24) is 0 Å². The third kappa shape index (κ3) is 5.35. The van der Waals surface area contributed by atoms with Crippen molar-refractivity contribution in [1.29, 1.82) is 0 Å². The number of rotatable bonds is 7. The van der Waals surface area contributed by atoms with Crippen LogP contribution in [0.4, 0.5) is 15.8 Å². The van der Waals surface area contributed by atoms with Gasteiger partial charge in [-0.25, -0.2) is 9.18 Å². The number of carbonyl (C=O) groups excluding carboxylic acids is 1. The lowest BCUT2D eigenvalue weighted by atomic mass is 10.0. The molecule has 0 radical (unpaired) electrons. The summed E-state index contributed by atoms with van der Waals surface area (Å²) in [7, 11) is 1.23. The lowest BCUT2D eigenvalue weighted by Gasteiger charge is -2.21. The van der Waals surface area contributed by atoms with Gasteiger partial charge in [-0.15, -0.1) is 0 Å². The van der Waals surface area contributed by atoms with E-state index in [0.717, 1.165) is 6.08 Å². The summed E-state index contributed by atoms with van der Waals surface area (Å²) in [4.78, 5) is 22.0. The van der Waals surface area contributed by atoms with Gasteiger partial charge in [0.25, 0.3) is 5.69 Å². The lowest BCUT2D eigenvalue weighted by molar-refractivity contribution is -0.384. The van der Waals surface area contributed by atoms with Crippen molar-refractivity contribution >= 4 is 23.4 Å². The van der Waals surface area contributed by atoms with Crippen molar-refractivity contribution in [2.45, 2.75) is 19.1 Å². The van der Waals surface area contributed by atoms with E-state index in [4.69, 9.17) is 0 Å². The molecule has 142 valence electrons. The Kier molecular flexibility index (Phi) is 6.62. The molecule has 0 amide bonds. The molecule has 0 fully saturated rings. The zero-order chi connectivity index (χ0) is 20.0. The van der Waals surface area contributed by atoms with Crippen LogP contribution in [0.2, 0.25) is 0 Å². The predicted octanol–water partition coefficient (Wildman–Crippen LogP) is 3.45. The third-order valence-corrected chi connectivity index (χ3v) is 3.90. The van der Waals surface area contributed by atoms with Gasteiger partial charge < -0.3 is 15.2 Å². The molecule has 0 saturated heterocycles. The highest BCUT2D eigenvalue weighted by Crippen LogP contribution is 2.29. The Labute approximate surface area is 155 Å². The van der Waals surface area contributed by atoms with Crippen molar-refractivity contribution in [2.75, 3.05) is 12.4 Å². The second-order valence-corrected chi connectivity index (χ2v) is 5.82. The number of ether oxygens (including phenoxy) is 1. The Morgan fingerprint density at radius 1 is 1.30 bits per heavy atom. The maximum absolute atomic E-state index is 13.0. The molecule has 7 nitrogen and oxygen atoms in total. The van der Waals surface area contributed by atoms with Crippen LogP contribution in [0.25, 0.3) is 6.08 Å². The van der Waals surface area contributed by atoms with E-state index < -0.39 is 28.9 Å². The molecule has 8 heteroatoms. The molecule has 2 rings (SSSR count). The summed E-state index contributed by atoms with van der Waals surface area (Å²) >= 11 is 0. The third-order valence-electron chi connectivity index (χ3n) is 3.90. The fourth-order valence-electron chi connectivity index (χ4n) is 2.43. The van der Waals surface area contributed by atoms with E-state index in [0.29, 0.717) is 11.1 Å². The molecular weight excluding hydrogens is 355 g/mol. The quantitative estimate of drug-likeness (QED) is 0.333. The minimum atomic E-state index is -0.996. The van der Waals surface area contributed by atoms with Crippen LogP contribution >= 0.6 is 0 Å². The maximum atomic E-state index is 13.0. The van der Waals surface area contributed by atoms with Gasteiger partial charge in [-0.2, -0.15) is 0 Å². The topological polar surface area (TPSA) is 102 Å². The van der Waals surface area contributed by atoms with E-state index in [1.54, 1.807) is 13.0 Å². The fourth-order valence-corrected chi connectivity index (χ4v) is 2.43. The molecule has 0 aliphatic rings. The largest absolute Gasteiger partial charge is 0.466 e. The number of nitrogens with zero attached hydrogens (tertiary/aromatic N) is 1. The zero-order valence-electron chi connectivity index (χ0n) is 14.8. The summed E-state index contributed by atoms with van der Waals surface area (Å²) in [6.07, 6.45) is 1.57. The summed E-state index contributed by atoms with van der Waals surface area (Å²) < 4.78 is 17.5. The number of aliphatic hydroxyl groups is 1. The number of nitrogens with one attached hydrogen (secondary N) is 1. The Morgan fingerprint density at radius 3 is 2.56 bits per heavy atom. The first-order valence-electron chi connectivity index (χ1n) is 8.06. The van der Waals surface area contributed by atoms with Gasteiger partial charge in [0.1, 0.15) is 11.5 Å². The first-order valence-corrected chi connectivity index (χ1v) is 8.06. The minimum absolute atomic E-state index is 0.208. The van der Waals surface area contributed by atoms with Gasteiger partial charge >= 0.3 is 5.97 Å². The van der Waals surface area contributed by atoms with Crippen molar-refractivity contribution < 1.29 is 24.0 Å². The number of esters is 1. The molecule has 2 aromatic rings. The molecule has 2 N–H and O–H groups in total. The van der Waals surface area contributed by atoms with Gasteiger partial charge in [0.2, 0.25) is 0 Å². The first-order chi connectivity index (χ1) is 12.8. The molecule has 0 spiro atoms. The van der Waals surface area contributed by atoms with E-state index >= 15 is 0 Å². The normalized spacial score (nSPS) is 13.2. The number of halogens is 1. The van der Waals surface area contributed by atoms with Crippen LogP contribution in [-0.2, 0) is 9.53 Å². The van der Waals surface area contributed by atoms with Gasteiger partial charge in [-0.05, 0) is 42.3 Å². The number of carbonyl (C=O) groups is 1. The van der Waals surface area contributed by atoms with Crippen molar-refractivity contribution in [3.63, 3.8) is 0 Å². The molecular formula is C19H19FN2O5. The van der Waals surface area contributed by atoms with Crippen LogP contribution in [0, 0.1) is 15.9 Å². The van der Waals surface area contributed by atoms with Gasteiger partial charge in [-0.3, -0.25) is 10.1 Å². The van der Waals surface area contributed by atoms with Crippen LogP contribution in [0.15, 0.2) is 48.5 Å². The molecule has 0 bridgehead atoms. The summed E-state index contributed by atoms with van der Waals surface area (Å²) in [5.74, 6) is -0.992. The second-order valence-electron chi connectivity index (χ2n) is 5.82. The van der Waals surface area contributed by atoms with Gasteiger partial charge in [0.15, 0.2) is 0 Å². The van der Waals surface area contributed by atoms with Crippen LogP contribution in [0.5, 0.6) is 0 Å². The minimum Gasteiger partial charge on any atom is -0.466 e. The van der Waals surface area contributed by atoms with E-state index in [-0.39, 0.29) is 11.4 Å². The number of anilines is 1. The SMILES string of the molecule is COC(=O)/C=C/c1ccc(NC(C)C(O)c2ccc(F)cc2)c([N+](=O)[O-])c1. The molecule has 0 heterocycles. The summed E-state index contributed by atoms with van der Waals surface area (Å²) in [5, 5.41) is 24.7. The number of hydrogen-bond acceptors (Lipinski definition) is 6. The first kappa shape index (κ1) is 20.1. The van der Waals surface area contributed by atoms with E-state index in [1.807, 2.05) is 0 Å². The second kappa shape index (κ2) is 8.91. The van der Waals surface area contributed by atoms with Gasteiger partial charge in [0, 0.05) is 12.1 Å². The number of hydrogen-bond donors (Lipinski definition) is 2. The van der Waals surface area contributed by atoms with Crippen LogP contribution in [-0.4, -0.2) is 29.2 Å². The molecule has 0 saturated carbocycles. The number of benzene rings is 2. The monoisotopic (exact) mass is 374 g/mol. The summed E-state index contributed by atoms with van der Waals surface area (Å²) in [6.45, 7) is 1.66. The average Bonchev–Trinajstić information content (AvgIpc) is 2.66. The highest BCUT2D eigenvalue weighted by atomic mass is 19.1. The van der Waals surface area contributed by atoms with Crippen molar-refractivity contribution in [3.8, 4) is 0 Å². The molecule has 2 unspecified atom stereocenters. The Hall–Kier alpha value is -3.26. The Bertz CT molecular complexity index is 852. The van der Waals surface area contributed by atoms with Crippen molar-refractivity contribution in [2.24, 2.45) is 0 Å². The number of aliphatic hydroxyl groups excluding tert-OH is 1. The summed E-state index contributed by atoms with van der Waals surface area (Å²) in [6, 6.07) is 9.17. The number of nitro groups is 1. The molecule has 0 aromatic heterocycles. The lowest BCUT2D eigenvalue weighted by Crippen LogP contribution is -2.24. The van der Waals surface area contributed by atoms with Crippen LogP contribution in [0.1, 0.15) is 24.2 Å². The standard InChI is InChI=1S/C19H19FN2O5/c1-12(19(24)14-5-7-15(20)8-6-14)21-16-9-3-13(4-10-18(23)27-2)11-17(16)22(25)26/h3-12,19,21,24H,1-2H3/b10-4+. The van der Waals surface area contributed by atoms with E-state index in [9.17, 15) is 24.4 Å². The maximum Gasteiger partial charge on any atom is 0.330 e. The van der Waals surface area contributed by atoms with Crippen LogP contribution in [0.3, 0.4) is 0 Å². The Morgan fingerprint density at radius 2 is 1.96 bits per heavy atom. The van der Waals surface area contributed by atoms with Gasteiger partial charge in [-0.1, -0.05) is 18.2 Å². The molecule has 0 aliphatic heterocycles.